The zero-order chi connectivity index (χ0) is 15.8. The monoisotopic (exact) mass is 360 g/mol. The molecular weight excluding hydrogens is 344 g/mol. The maximum atomic E-state index is 13.0. The number of carbonyl (C=O) groups excluding carboxylic acids is 1. The van der Waals surface area contributed by atoms with Crippen LogP contribution in [-0.4, -0.2) is 21.5 Å². The molecular formula is C18H17BrO3. The molecule has 1 aromatic carbocycles. The van der Waals surface area contributed by atoms with Gasteiger partial charge in [0.05, 0.1) is 23.5 Å². The summed E-state index contributed by atoms with van der Waals surface area (Å²) in [6, 6.07) is 4.11. The Morgan fingerprint density at radius 2 is 1.86 bits per heavy atom. The lowest BCUT2D eigenvalue weighted by Gasteiger charge is -2.23. The number of Topliss-reactive ketones (excluding diaryl/α,β-unsaturated/α-hetero) is 1. The highest BCUT2D eigenvalue weighted by molar-refractivity contribution is 9.10. The summed E-state index contributed by atoms with van der Waals surface area (Å²) in [4.78, 5) is 13.0. The third-order valence-corrected chi connectivity index (χ3v) is 5.94. The standard InChI is InChI=1S/C18H17BrO3/c1-8-6-9(2)12(10(3)7-8)14-16(20)13-11-4-5-18(19,22-11)15(13)17(14)21/h4-7,11,13,15,21H,1-3H3/t11-,13-,15+,18+/m0/s1. The Labute approximate surface area is 137 Å². The molecule has 1 N–H and O–H groups in total. The fourth-order valence-corrected chi connectivity index (χ4v) is 5.12. The number of hydrogen-bond acceptors (Lipinski definition) is 3. The Kier molecular flexibility index (Phi) is 2.80. The Morgan fingerprint density at radius 1 is 1.23 bits per heavy atom. The lowest BCUT2D eigenvalue weighted by atomic mass is 9.83. The van der Waals surface area contributed by atoms with Crippen LogP contribution in [0.2, 0.25) is 0 Å². The molecule has 0 radical (unpaired) electrons. The number of aryl methyl sites for hydroxylation is 3. The molecule has 0 aromatic heterocycles. The number of ether oxygens (including phenoxy) is 1. The molecule has 2 heterocycles. The highest BCUT2D eigenvalue weighted by Gasteiger charge is 2.63. The molecule has 0 unspecified atom stereocenters. The van der Waals surface area contributed by atoms with Gasteiger partial charge in [-0.15, -0.1) is 0 Å². The van der Waals surface area contributed by atoms with Gasteiger partial charge in [0.2, 0.25) is 0 Å². The van der Waals surface area contributed by atoms with Crippen LogP contribution in [0.4, 0.5) is 0 Å². The number of hydrogen-bond donors (Lipinski definition) is 1. The van der Waals surface area contributed by atoms with Gasteiger partial charge in [-0.2, -0.15) is 0 Å². The zero-order valence-electron chi connectivity index (χ0n) is 12.7. The number of carbonyl (C=O) groups is 1. The van der Waals surface area contributed by atoms with Gasteiger partial charge in [0, 0.05) is 0 Å². The van der Waals surface area contributed by atoms with E-state index < -0.39 is 4.51 Å². The van der Waals surface area contributed by atoms with Crippen molar-refractivity contribution in [2.24, 2.45) is 11.8 Å². The lowest BCUT2D eigenvalue weighted by Crippen LogP contribution is -2.30. The number of ketones is 1. The van der Waals surface area contributed by atoms with Crippen molar-refractivity contribution in [3.05, 3.63) is 52.3 Å². The molecule has 114 valence electrons. The Hall–Kier alpha value is -1.39. The van der Waals surface area contributed by atoms with Crippen molar-refractivity contribution >= 4 is 27.3 Å². The van der Waals surface area contributed by atoms with Crippen LogP contribution in [0.1, 0.15) is 22.3 Å². The van der Waals surface area contributed by atoms with Gasteiger partial charge in [0.15, 0.2) is 10.3 Å². The fraction of sp³-hybridized carbons (Fsp3) is 0.389. The molecule has 4 rings (SSSR count). The molecule has 0 saturated carbocycles. The first-order chi connectivity index (χ1) is 10.3. The quantitative estimate of drug-likeness (QED) is 0.612. The second kappa shape index (κ2) is 4.33. The van der Waals surface area contributed by atoms with Gasteiger partial charge in [-0.05, 0) is 59.5 Å². The highest BCUT2D eigenvalue weighted by atomic mass is 79.9. The molecule has 2 bridgehead atoms. The van der Waals surface area contributed by atoms with E-state index in [1.807, 2.05) is 32.9 Å². The smallest absolute Gasteiger partial charge is 0.173 e. The summed E-state index contributed by atoms with van der Waals surface area (Å²) in [5, 5.41) is 10.8. The predicted molar refractivity (Wildman–Crippen MR) is 87.9 cm³/mol. The van der Waals surface area contributed by atoms with Gasteiger partial charge < -0.3 is 9.84 Å². The molecule has 4 atom stereocenters. The molecule has 1 saturated heterocycles. The first kappa shape index (κ1) is 14.2. The summed E-state index contributed by atoms with van der Waals surface area (Å²) in [7, 11) is 0. The van der Waals surface area contributed by atoms with E-state index in [0.29, 0.717) is 5.57 Å². The molecule has 3 aliphatic rings. The van der Waals surface area contributed by atoms with Crippen LogP contribution in [0.3, 0.4) is 0 Å². The highest BCUT2D eigenvalue weighted by Crippen LogP contribution is 2.59. The number of fused-ring (bicyclic) bond motifs is 5. The number of aliphatic hydroxyl groups is 1. The number of alkyl halides is 1. The SMILES string of the molecule is Cc1cc(C)c(C2=C(O)[C@H]3[C@@H](C2=O)[C@@H]2C=C[C@@]3(Br)O2)c(C)c1. The van der Waals surface area contributed by atoms with Crippen molar-refractivity contribution in [3.8, 4) is 0 Å². The van der Waals surface area contributed by atoms with Crippen LogP contribution < -0.4 is 0 Å². The Morgan fingerprint density at radius 3 is 2.45 bits per heavy atom. The first-order valence-corrected chi connectivity index (χ1v) is 8.24. The second-order valence-corrected chi connectivity index (χ2v) is 7.78. The average molecular weight is 361 g/mol. The van der Waals surface area contributed by atoms with Gasteiger partial charge in [-0.25, -0.2) is 0 Å². The van der Waals surface area contributed by atoms with Gasteiger partial charge in [-0.3, -0.25) is 4.79 Å². The van der Waals surface area contributed by atoms with Gasteiger partial charge in [0.1, 0.15) is 5.76 Å². The van der Waals surface area contributed by atoms with E-state index in [0.717, 1.165) is 22.3 Å². The predicted octanol–water partition coefficient (Wildman–Crippen LogP) is 3.76. The van der Waals surface area contributed by atoms with Crippen LogP contribution in [0.15, 0.2) is 30.0 Å². The summed E-state index contributed by atoms with van der Waals surface area (Å²) in [5.74, 6) is -0.494. The second-order valence-electron chi connectivity index (χ2n) is 6.54. The molecule has 0 amide bonds. The summed E-state index contributed by atoms with van der Waals surface area (Å²) >= 11 is 3.55. The van der Waals surface area contributed by atoms with Crippen molar-refractivity contribution in [1.82, 2.24) is 0 Å². The summed E-state index contributed by atoms with van der Waals surface area (Å²) < 4.78 is 5.08. The van der Waals surface area contributed by atoms with E-state index in [9.17, 15) is 9.90 Å². The summed E-state index contributed by atoms with van der Waals surface area (Å²) in [6.45, 7) is 6.02. The molecule has 22 heavy (non-hydrogen) atoms. The Balaban J connectivity index is 1.91. The molecule has 1 aromatic rings. The summed E-state index contributed by atoms with van der Waals surface area (Å²) in [6.07, 6.45) is 3.57. The van der Waals surface area contributed by atoms with Crippen LogP contribution in [0.25, 0.3) is 5.57 Å². The molecule has 1 aliphatic carbocycles. The minimum atomic E-state index is -0.740. The first-order valence-electron chi connectivity index (χ1n) is 7.45. The normalized spacial score (nSPS) is 35.6. The molecule has 3 nitrogen and oxygen atoms in total. The van der Waals surface area contributed by atoms with Gasteiger partial charge in [0.25, 0.3) is 0 Å². The zero-order valence-corrected chi connectivity index (χ0v) is 14.3. The Bertz CT molecular complexity index is 754. The molecule has 1 fully saturated rings. The van der Waals surface area contributed by atoms with Crippen molar-refractivity contribution in [2.45, 2.75) is 31.4 Å². The number of rotatable bonds is 1. The number of aliphatic hydroxyl groups excluding tert-OH is 1. The maximum absolute atomic E-state index is 13.0. The number of benzene rings is 1. The summed E-state index contributed by atoms with van der Waals surface area (Å²) in [5.41, 5.74) is 4.56. The van der Waals surface area contributed by atoms with Crippen LogP contribution in [-0.2, 0) is 9.53 Å². The van der Waals surface area contributed by atoms with E-state index in [4.69, 9.17) is 4.74 Å². The maximum Gasteiger partial charge on any atom is 0.173 e. The molecule has 2 aliphatic heterocycles. The van der Waals surface area contributed by atoms with Crippen molar-refractivity contribution in [2.75, 3.05) is 0 Å². The van der Waals surface area contributed by atoms with E-state index in [2.05, 4.69) is 28.1 Å². The number of halogens is 1. The minimum absolute atomic E-state index is 0.00627. The van der Waals surface area contributed by atoms with E-state index in [1.165, 1.54) is 0 Å². The van der Waals surface area contributed by atoms with E-state index in [-0.39, 0.29) is 29.5 Å². The minimum Gasteiger partial charge on any atom is -0.511 e. The van der Waals surface area contributed by atoms with Crippen LogP contribution >= 0.6 is 15.9 Å². The third kappa shape index (κ3) is 1.62. The lowest BCUT2D eigenvalue weighted by molar-refractivity contribution is -0.118. The average Bonchev–Trinajstić information content (AvgIpc) is 3.01. The van der Waals surface area contributed by atoms with Gasteiger partial charge in [-0.1, -0.05) is 23.8 Å². The fourth-order valence-electron chi connectivity index (χ4n) is 4.25. The third-order valence-electron chi connectivity index (χ3n) is 4.99. The largest absolute Gasteiger partial charge is 0.511 e. The topological polar surface area (TPSA) is 46.5 Å². The van der Waals surface area contributed by atoms with E-state index in [1.54, 1.807) is 0 Å². The molecule has 4 heteroatoms. The number of allylic oxidation sites excluding steroid dienone is 1. The van der Waals surface area contributed by atoms with Crippen molar-refractivity contribution in [3.63, 3.8) is 0 Å². The van der Waals surface area contributed by atoms with Crippen molar-refractivity contribution in [1.29, 1.82) is 0 Å². The van der Waals surface area contributed by atoms with Crippen LogP contribution in [0.5, 0.6) is 0 Å². The molecule has 0 spiro atoms. The van der Waals surface area contributed by atoms with Crippen LogP contribution in [0, 0.1) is 32.6 Å². The van der Waals surface area contributed by atoms with Gasteiger partial charge >= 0.3 is 0 Å². The van der Waals surface area contributed by atoms with Crippen molar-refractivity contribution < 1.29 is 14.6 Å². The van der Waals surface area contributed by atoms with E-state index >= 15 is 0 Å².